The van der Waals surface area contributed by atoms with Crippen LogP contribution in [0, 0.1) is 0 Å². The number of anilines is 1. The van der Waals surface area contributed by atoms with Crippen molar-refractivity contribution in [2.24, 2.45) is 7.05 Å². The summed E-state index contributed by atoms with van der Waals surface area (Å²) in [5.74, 6) is 0.650. The fourth-order valence-electron chi connectivity index (χ4n) is 1.73. The summed E-state index contributed by atoms with van der Waals surface area (Å²) < 4.78 is 11.4. The van der Waals surface area contributed by atoms with Crippen LogP contribution in [0.5, 0.6) is 11.5 Å². The van der Waals surface area contributed by atoms with Gasteiger partial charge in [-0.15, -0.1) is 0 Å². The Hall–Kier alpha value is -2.83. The van der Waals surface area contributed by atoms with Crippen LogP contribution in [-0.4, -0.2) is 29.9 Å². The number of benzene rings is 1. The van der Waals surface area contributed by atoms with Gasteiger partial charge in [-0.2, -0.15) is 5.10 Å². The highest BCUT2D eigenvalue weighted by molar-refractivity contribution is 6.02. The maximum atomic E-state index is 12.1. The number of hydrogen-bond acceptors (Lipinski definition) is 5. The lowest BCUT2D eigenvalue weighted by Gasteiger charge is -2.10. The van der Waals surface area contributed by atoms with Crippen LogP contribution in [0.15, 0.2) is 35.1 Å². The largest absolute Gasteiger partial charge is 0.493 e. The second-order valence-electron chi connectivity index (χ2n) is 4.20. The third-order valence-electron chi connectivity index (χ3n) is 2.83. The first-order valence-corrected chi connectivity index (χ1v) is 6.13. The highest BCUT2D eigenvalue weighted by atomic mass is 16.5. The molecule has 0 aliphatic rings. The molecule has 110 valence electrons. The van der Waals surface area contributed by atoms with Crippen LogP contribution in [0.2, 0.25) is 0 Å². The average molecular weight is 289 g/mol. The normalized spacial score (nSPS) is 10.0. The van der Waals surface area contributed by atoms with E-state index in [9.17, 15) is 9.59 Å². The minimum absolute atomic E-state index is 0.145. The number of aryl methyl sites for hydroxylation is 1. The molecule has 1 amide bonds. The Kier molecular flexibility index (Phi) is 4.22. The van der Waals surface area contributed by atoms with E-state index >= 15 is 0 Å². The molecule has 1 aromatic carbocycles. The second kappa shape index (κ2) is 6.08. The number of carbonyl (C=O) groups excluding carboxylic acids is 1. The molecular weight excluding hydrogens is 274 g/mol. The van der Waals surface area contributed by atoms with E-state index in [1.807, 2.05) is 0 Å². The molecule has 1 aromatic heterocycles. The fraction of sp³-hybridized carbons (Fsp3) is 0.214. The lowest BCUT2D eigenvalue weighted by atomic mass is 10.2. The van der Waals surface area contributed by atoms with Crippen LogP contribution in [0.4, 0.5) is 5.69 Å². The third-order valence-corrected chi connectivity index (χ3v) is 2.83. The van der Waals surface area contributed by atoms with E-state index < -0.39 is 5.91 Å². The molecule has 0 radical (unpaired) electrons. The summed E-state index contributed by atoms with van der Waals surface area (Å²) >= 11 is 0. The van der Waals surface area contributed by atoms with Gasteiger partial charge in [0.2, 0.25) is 0 Å². The number of nitrogens with one attached hydrogen (secondary N) is 1. The first-order valence-electron chi connectivity index (χ1n) is 6.13. The van der Waals surface area contributed by atoms with Gasteiger partial charge in [-0.25, -0.2) is 4.68 Å². The molecule has 0 fully saturated rings. The maximum Gasteiger partial charge on any atom is 0.276 e. The predicted octanol–water partition coefficient (Wildman–Crippen LogP) is 1.05. The summed E-state index contributed by atoms with van der Waals surface area (Å²) in [6.07, 6.45) is 0. The maximum absolute atomic E-state index is 12.1. The number of rotatable bonds is 4. The highest BCUT2D eigenvalue weighted by Crippen LogP contribution is 2.29. The molecule has 0 spiro atoms. The summed E-state index contributed by atoms with van der Waals surface area (Å²) in [7, 11) is 4.53. The minimum atomic E-state index is -0.419. The summed E-state index contributed by atoms with van der Waals surface area (Å²) in [5.41, 5.74) is 0.401. The van der Waals surface area contributed by atoms with Crippen molar-refractivity contribution in [1.82, 2.24) is 9.78 Å². The molecule has 7 nitrogen and oxygen atoms in total. The number of methoxy groups -OCH3 is 2. The first kappa shape index (κ1) is 14.6. The number of carbonyl (C=O) groups is 1. The van der Waals surface area contributed by atoms with Gasteiger partial charge < -0.3 is 14.8 Å². The van der Waals surface area contributed by atoms with E-state index in [0.717, 1.165) is 4.68 Å². The van der Waals surface area contributed by atoms with Crippen molar-refractivity contribution in [2.75, 3.05) is 19.5 Å². The Morgan fingerprint density at radius 3 is 2.48 bits per heavy atom. The third kappa shape index (κ3) is 3.19. The van der Waals surface area contributed by atoms with Crippen LogP contribution in [0.3, 0.4) is 0 Å². The van der Waals surface area contributed by atoms with Gasteiger partial charge in [0.05, 0.1) is 14.2 Å². The molecule has 0 bridgehead atoms. The fourth-order valence-corrected chi connectivity index (χ4v) is 1.73. The zero-order valence-electron chi connectivity index (χ0n) is 11.9. The number of hydrogen-bond donors (Lipinski definition) is 1. The SMILES string of the molecule is COc1ccc(NC(=O)c2ccc(=O)n(C)n2)cc1OC. The Bertz CT molecular complexity index is 724. The second-order valence-corrected chi connectivity index (χ2v) is 4.20. The van der Waals surface area contributed by atoms with E-state index in [1.165, 1.54) is 33.4 Å². The summed E-state index contributed by atoms with van der Waals surface area (Å²) in [5, 5.41) is 6.56. The van der Waals surface area contributed by atoms with Gasteiger partial charge in [-0.1, -0.05) is 0 Å². The molecule has 21 heavy (non-hydrogen) atoms. The van der Waals surface area contributed by atoms with E-state index in [4.69, 9.17) is 9.47 Å². The van der Waals surface area contributed by atoms with Crippen molar-refractivity contribution in [1.29, 1.82) is 0 Å². The van der Waals surface area contributed by atoms with Crippen molar-refractivity contribution in [3.05, 3.63) is 46.4 Å². The van der Waals surface area contributed by atoms with E-state index in [1.54, 1.807) is 18.2 Å². The Balaban J connectivity index is 2.23. The zero-order valence-corrected chi connectivity index (χ0v) is 11.9. The summed E-state index contributed by atoms with van der Waals surface area (Å²) in [6, 6.07) is 7.66. The predicted molar refractivity (Wildman–Crippen MR) is 77.0 cm³/mol. The van der Waals surface area contributed by atoms with Crippen molar-refractivity contribution in [2.45, 2.75) is 0 Å². The number of aromatic nitrogens is 2. The molecule has 1 N–H and O–H groups in total. The zero-order chi connectivity index (χ0) is 15.4. The molecular formula is C14H15N3O4. The van der Waals surface area contributed by atoms with Gasteiger partial charge in [0.25, 0.3) is 11.5 Å². The van der Waals surface area contributed by atoms with Crippen molar-refractivity contribution in [3.63, 3.8) is 0 Å². The number of amides is 1. The van der Waals surface area contributed by atoms with E-state index in [-0.39, 0.29) is 11.3 Å². The van der Waals surface area contributed by atoms with Gasteiger partial charge in [-0.05, 0) is 18.2 Å². The van der Waals surface area contributed by atoms with Gasteiger partial charge in [0.15, 0.2) is 11.5 Å². The van der Waals surface area contributed by atoms with Crippen LogP contribution in [0.25, 0.3) is 0 Å². The average Bonchev–Trinajstić information content (AvgIpc) is 2.49. The van der Waals surface area contributed by atoms with Crippen molar-refractivity contribution >= 4 is 11.6 Å². The lowest BCUT2D eigenvalue weighted by Crippen LogP contribution is -2.23. The molecule has 2 aromatic rings. The highest BCUT2D eigenvalue weighted by Gasteiger charge is 2.11. The van der Waals surface area contributed by atoms with Crippen LogP contribution in [-0.2, 0) is 7.05 Å². The van der Waals surface area contributed by atoms with Crippen molar-refractivity contribution < 1.29 is 14.3 Å². The summed E-state index contributed by atoms with van der Waals surface area (Å²) in [6.45, 7) is 0. The lowest BCUT2D eigenvalue weighted by molar-refractivity contribution is 0.102. The molecule has 1 heterocycles. The van der Waals surface area contributed by atoms with Crippen LogP contribution >= 0.6 is 0 Å². The molecule has 0 saturated carbocycles. The molecule has 0 unspecified atom stereocenters. The number of nitrogens with zero attached hydrogens (tertiary/aromatic N) is 2. The van der Waals surface area contributed by atoms with Gasteiger partial charge in [0.1, 0.15) is 5.69 Å². The molecule has 0 atom stereocenters. The quantitative estimate of drug-likeness (QED) is 0.909. The van der Waals surface area contributed by atoms with Crippen LogP contribution < -0.4 is 20.3 Å². The Morgan fingerprint density at radius 2 is 1.86 bits per heavy atom. The Morgan fingerprint density at radius 1 is 1.14 bits per heavy atom. The Labute approximate surface area is 121 Å². The molecule has 0 aliphatic carbocycles. The molecule has 0 aliphatic heterocycles. The van der Waals surface area contributed by atoms with Crippen molar-refractivity contribution in [3.8, 4) is 11.5 Å². The molecule has 0 saturated heterocycles. The van der Waals surface area contributed by atoms with Crippen LogP contribution in [0.1, 0.15) is 10.5 Å². The summed E-state index contributed by atoms with van der Waals surface area (Å²) in [4.78, 5) is 23.3. The van der Waals surface area contributed by atoms with Gasteiger partial charge >= 0.3 is 0 Å². The number of ether oxygens (including phenoxy) is 2. The van der Waals surface area contributed by atoms with E-state index in [0.29, 0.717) is 17.2 Å². The minimum Gasteiger partial charge on any atom is -0.493 e. The molecule has 7 heteroatoms. The van der Waals surface area contributed by atoms with E-state index in [2.05, 4.69) is 10.4 Å². The van der Waals surface area contributed by atoms with Gasteiger partial charge in [0, 0.05) is 24.9 Å². The van der Waals surface area contributed by atoms with Gasteiger partial charge in [-0.3, -0.25) is 9.59 Å². The smallest absolute Gasteiger partial charge is 0.276 e. The topological polar surface area (TPSA) is 82.5 Å². The first-order chi connectivity index (χ1) is 10.0. The molecule has 2 rings (SSSR count). The standard InChI is InChI=1S/C14H15N3O4/c1-17-13(18)7-5-10(16-17)14(19)15-9-4-6-11(20-2)12(8-9)21-3/h4-8H,1-3H3,(H,15,19). The monoisotopic (exact) mass is 289 g/mol.